The Morgan fingerprint density at radius 3 is 2.77 bits per heavy atom. The van der Waals surface area contributed by atoms with Crippen LogP contribution < -0.4 is 4.74 Å². The molecular formula is C16H20N2O3S. The summed E-state index contributed by atoms with van der Waals surface area (Å²) in [6, 6.07) is 7.35. The Kier molecular flexibility index (Phi) is 5.89. The number of benzene rings is 1. The van der Waals surface area contributed by atoms with Crippen LogP contribution in [0.25, 0.3) is 0 Å². The van der Waals surface area contributed by atoms with Crippen LogP contribution in [0.3, 0.4) is 0 Å². The maximum absolute atomic E-state index is 12.2. The number of carbonyl (C=O) groups is 1. The lowest BCUT2D eigenvalue weighted by Crippen LogP contribution is -2.12. The largest absolute Gasteiger partial charge is 0.472 e. The van der Waals surface area contributed by atoms with Gasteiger partial charge in [-0.3, -0.25) is 0 Å². The molecule has 0 bridgehead atoms. The van der Waals surface area contributed by atoms with Crippen LogP contribution >= 0.6 is 12.8 Å². The van der Waals surface area contributed by atoms with Crippen molar-refractivity contribution >= 4 is 18.8 Å². The number of ether oxygens (including phenoxy) is 2. The zero-order valence-corrected chi connectivity index (χ0v) is 13.7. The van der Waals surface area contributed by atoms with Crippen molar-refractivity contribution in [2.45, 2.75) is 33.3 Å². The summed E-state index contributed by atoms with van der Waals surface area (Å²) in [5.74, 6) is 0.157. The van der Waals surface area contributed by atoms with Gasteiger partial charge in [-0.25, -0.2) is 8.88 Å². The van der Waals surface area contributed by atoms with E-state index in [0.717, 1.165) is 24.0 Å². The van der Waals surface area contributed by atoms with Crippen LogP contribution in [0.2, 0.25) is 0 Å². The van der Waals surface area contributed by atoms with Gasteiger partial charge in [-0.05, 0) is 37.3 Å². The molecule has 0 spiro atoms. The Balaban J connectivity index is 2.20. The van der Waals surface area contributed by atoms with Crippen molar-refractivity contribution in [1.82, 2.24) is 9.19 Å². The number of hydrogen-bond acceptors (Lipinski definition) is 5. The topological polar surface area (TPSA) is 53.4 Å². The number of aromatic nitrogens is 2. The lowest BCUT2D eigenvalue weighted by atomic mass is 10.00. The van der Waals surface area contributed by atoms with Gasteiger partial charge in [0, 0.05) is 17.8 Å². The molecule has 0 aliphatic rings. The van der Waals surface area contributed by atoms with Crippen molar-refractivity contribution < 1.29 is 14.3 Å². The molecule has 6 heteroatoms. The van der Waals surface area contributed by atoms with Gasteiger partial charge in [0.2, 0.25) is 5.88 Å². The molecule has 118 valence electrons. The van der Waals surface area contributed by atoms with E-state index in [0.29, 0.717) is 18.1 Å². The summed E-state index contributed by atoms with van der Waals surface area (Å²) in [6.07, 6.45) is 3.29. The molecule has 2 rings (SSSR count). The maximum Gasteiger partial charge on any atom is 0.338 e. The minimum Gasteiger partial charge on any atom is -0.472 e. The van der Waals surface area contributed by atoms with Crippen molar-refractivity contribution in [3.63, 3.8) is 0 Å². The second kappa shape index (κ2) is 7.89. The standard InChI is InChI=1S/C16H20N2O3S/c1-3-10-20-16(19)13-7-5-6-12(4-2)14(13)11-21-15-8-9-18(22)17-15/h5-9,22H,3-4,10-11H2,1-2H3. The molecule has 1 heterocycles. The number of rotatable bonds is 7. The van der Waals surface area contributed by atoms with E-state index in [9.17, 15) is 4.79 Å². The first-order valence-corrected chi connectivity index (χ1v) is 7.71. The van der Waals surface area contributed by atoms with Gasteiger partial charge < -0.3 is 9.47 Å². The van der Waals surface area contributed by atoms with Crippen LogP contribution in [0.5, 0.6) is 5.88 Å². The predicted octanol–water partition coefficient (Wildman–Crippen LogP) is 3.28. The number of nitrogens with zero attached hydrogens (tertiary/aromatic N) is 2. The molecule has 0 fully saturated rings. The third kappa shape index (κ3) is 4.04. The maximum atomic E-state index is 12.2. The summed E-state index contributed by atoms with van der Waals surface area (Å²) in [6.45, 7) is 4.70. The minimum absolute atomic E-state index is 0.269. The zero-order valence-electron chi connectivity index (χ0n) is 12.8. The molecule has 5 nitrogen and oxygen atoms in total. The Morgan fingerprint density at radius 2 is 2.14 bits per heavy atom. The summed E-state index contributed by atoms with van der Waals surface area (Å²) >= 11 is 4.07. The van der Waals surface area contributed by atoms with E-state index < -0.39 is 0 Å². The predicted molar refractivity (Wildman–Crippen MR) is 87.3 cm³/mol. The Labute approximate surface area is 135 Å². The van der Waals surface area contributed by atoms with E-state index >= 15 is 0 Å². The molecule has 0 atom stereocenters. The van der Waals surface area contributed by atoms with Crippen molar-refractivity contribution in [2.75, 3.05) is 6.61 Å². The summed E-state index contributed by atoms with van der Waals surface area (Å²) in [7, 11) is 0. The van der Waals surface area contributed by atoms with Gasteiger partial charge in [-0.15, -0.1) is 5.10 Å². The highest BCUT2D eigenvalue weighted by molar-refractivity contribution is 7.78. The molecule has 0 unspecified atom stereocenters. The first kappa shape index (κ1) is 16.4. The van der Waals surface area contributed by atoms with Gasteiger partial charge in [0.05, 0.1) is 12.2 Å². The first-order valence-electron chi connectivity index (χ1n) is 7.31. The highest BCUT2D eigenvalue weighted by atomic mass is 32.1. The number of hydrogen-bond donors (Lipinski definition) is 1. The van der Waals surface area contributed by atoms with Gasteiger partial charge in [0.1, 0.15) is 6.61 Å². The summed E-state index contributed by atoms with van der Waals surface area (Å²) in [5, 5.41) is 4.05. The molecule has 0 aliphatic carbocycles. The van der Waals surface area contributed by atoms with Crippen LogP contribution in [0.1, 0.15) is 41.8 Å². The van der Waals surface area contributed by atoms with E-state index in [-0.39, 0.29) is 12.6 Å². The molecule has 0 saturated heterocycles. The summed E-state index contributed by atoms with van der Waals surface area (Å²) in [5.41, 5.74) is 2.47. The van der Waals surface area contributed by atoms with Crippen LogP contribution in [0.4, 0.5) is 0 Å². The van der Waals surface area contributed by atoms with Crippen LogP contribution in [-0.4, -0.2) is 21.8 Å². The van der Waals surface area contributed by atoms with Crippen molar-refractivity contribution in [1.29, 1.82) is 0 Å². The van der Waals surface area contributed by atoms with Gasteiger partial charge in [0.25, 0.3) is 0 Å². The summed E-state index contributed by atoms with van der Waals surface area (Å²) < 4.78 is 12.3. The Hall–Kier alpha value is -1.95. The average molecular weight is 320 g/mol. The molecule has 1 aromatic carbocycles. The summed E-state index contributed by atoms with van der Waals surface area (Å²) in [4.78, 5) is 12.2. The number of carbonyl (C=O) groups excluding carboxylic acids is 1. The smallest absolute Gasteiger partial charge is 0.338 e. The van der Waals surface area contributed by atoms with Crippen LogP contribution in [0.15, 0.2) is 30.5 Å². The Bertz CT molecular complexity index is 640. The first-order chi connectivity index (χ1) is 10.7. The van der Waals surface area contributed by atoms with Gasteiger partial charge in [0.15, 0.2) is 0 Å². The molecule has 2 aromatic rings. The molecule has 0 amide bonds. The minimum atomic E-state index is -0.310. The van der Waals surface area contributed by atoms with Gasteiger partial charge in [-0.2, -0.15) is 0 Å². The molecular weight excluding hydrogens is 300 g/mol. The molecule has 0 N–H and O–H groups in total. The molecule has 0 radical (unpaired) electrons. The van der Waals surface area contributed by atoms with E-state index in [1.807, 2.05) is 26.0 Å². The third-order valence-corrected chi connectivity index (χ3v) is 3.45. The van der Waals surface area contributed by atoms with Crippen molar-refractivity contribution in [3.8, 4) is 5.88 Å². The second-order valence-corrected chi connectivity index (χ2v) is 5.21. The average Bonchev–Trinajstić information content (AvgIpc) is 2.95. The van der Waals surface area contributed by atoms with Crippen LogP contribution in [0, 0.1) is 0 Å². The number of thiol groups is 1. The third-order valence-electron chi connectivity index (χ3n) is 3.23. The molecule has 0 saturated carbocycles. The van der Waals surface area contributed by atoms with Crippen LogP contribution in [-0.2, 0) is 17.8 Å². The highest BCUT2D eigenvalue weighted by Crippen LogP contribution is 2.19. The fraction of sp³-hybridized carbons (Fsp3) is 0.375. The van der Waals surface area contributed by atoms with E-state index in [1.165, 1.54) is 4.09 Å². The quantitative estimate of drug-likeness (QED) is 0.628. The zero-order chi connectivity index (χ0) is 15.9. The van der Waals surface area contributed by atoms with Crippen molar-refractivity contribution in [2.24, 2.45) is 0 Å². The Morgan fingerprint density at radius 1 is 1.32 bits per heavy atom. The molecule has 0 aliphatic heterocycles. The second-order valence-electron chi connectivity index (χ2n) is 4.80. The fourth-order valence-electron chi connectivity index (χ4n) is 2.12. The number of aryl methyl sites for hydroxylation is 1. The van der Waals surface area contributed by atoms with Crippen molar-refractivity contribution in [3.05, 3.63) is 47.2 Å². The monoisotopic (exact) mass is 320 g/mol. The fourth-order valence-corrected chi connectivity index (χ4v) is 2.28. The normalized spacial score (nSPS) is 10.5. The highest BCUT2D eigenvalue weighted by Gasteiger charge is 2.16. The number of esters is 1. The van der Waals surface area contributed by atoms with Gasteiger partial charge in [-0.1, -0.05) is 26.0 Å². The molecule has 1 aromatic heterocycles. The van der Waals surface area contributed by atoms with E-state index in [1.54, 1.807) is 18.3 Å². The lowest BCUT2D eigenvalue weighted by Gasteiger charge is -2.13. The van der Waals surface area contributed by atoms with E-state index in [4.69, 9.17) is 9.47 Å². The SMILES string of the molecule is CCCOC(=O)c1cccc(CC)c1COc1ccn(S)n1. The van der Waals surface area contributed by atoms with Gasteiger partial charge >= 0.3 is 5.97 Å². The lowest BCUT2D eigenvalue weighted by molar-refractivity contribution is 0.0502. The van der Waals surface area contributed by atoms with E-state index in [2.05, 4.69) is 17.9 Å². The molecule has 22 heavy (non-hydrogen) atoms.